The van der Waals surface area contributed by atoms with E-state index in [2.05, 4.69) is 19.2 Å². The zero-order valence-corrected chi connectivity index (χ0v) is 16.7. The molecule has 4 heteroatoms. The molecule has 0 spiro atoms. The minimum atomic E-state index is -0.414. The summed E-state index contributed by atoms with van der Waals surface area (Å²) >= 11 is 0. The molecular formula is C24H26N2O2. The summed E-state index contributed by atoms with van der Waals surface area (Å²) in [6.07, 6.45) is 1.64. The van der Waals surface area contributed by atoms with Crippen LogP contribution in [0.25, 0.3) is 0 Å². The number of ketones is 1. The van der Waals surface area contributed by atoms with Crippen molar-refractivity contribution in [3.63, 3.8) is 0 Å². The van der Waals surface area contributed by atoms with Crippen LogP contribution in [0.3, 0.4) is 0 Å². The number of allylic oxidation sites excluding steroid dienone is 1. The van der Waals surface area contributed by atoms with Gasteiger partial charge in [0, 0.05) is 24.1 Å². The lowest BCUT2D eigenvalue weighted by molar-refractivity contribution is -0.119. The van der Waals surface area contributed by atoms with Crippen molar-refractivity contribution in [1.29, 1.82) is 0 Å². The van der Waals surface area contributed by atoms with Crippen LogP contribution in [0.5, 0.6) is 0 Å². The van der Waals surface area contributed by atoms with Gasteiger partial charge in [0.25, 0.3) is 0 Å². The van der Waals surface area contributed by atoms with E-state index in [1.165, 1.54) is 0 Å². The van der Waals surface area contributed by atoms with Crippen molar-refractivity contribution < 1.29 is 9.59 Å². The number of anilines is 2. The maximum absolute atomic E-state index is 13.4. The Bertz CT molecular complexity index is 960. The Hall–Kier alpha value is -2.88. The molecule has 144 valence electrons. The second kappa shape index (κ2) is 6.93. The molecule has 4 rings (SSSR count). The first-order valence-electron chi connectivity index (χ1n) is 9.90. The van der Waals surface area contributed by atoms with Crippen LogP contribution in [0.4, 0.5) is 11.4 Å². The molecule has 0 aromatic heterocycles. The number of carbonyl (C=O) groups excluding carboxylic acids is 2. The van der Waals surface area contributed by atoms with E-state index >= 15 is 0 Å². The molecule has 0 bridgehead atoms. The van der Waals surface area contributed by atoms with Crippen LogP contribution in [0.15, 0.2) is 65.9 Å². The Labute approximate surface area is 166 Å². The molecule has 0 unspecified atom stereocenters. The van der Waals surface area contributed by atoms with E-state index < -0.39 is 6.04 Å². The van der Waals surface area contributed by atoms with Crippen molar-refractivity contribution in [3.8, 4) is 0 Å². The Morgan fingerprint density at radius 1 is 1.07 bits per heavy atom. The van der Waals surface area contributed by atoms with Crippen LogP contribution in [0.1, 0.15) is 51.6 Å². The number of rotatable bonds is 2. The van der Waals surface area contributed by atoms with Gasteiger partial charge in [-0.05, 0) is 29.5 Å². The Morgan fingerprint density at radius 3 is 2.46 bits per heavy atom. The van der Waals surface area contributed by atoms with Gasteiger partial charge in [0.2, 0.25) is 5.91 Å². The number of fused-ring (bicyclic) bond motifs is 1. The second-order valence-electron chi connectivity index (χ2n) is 8.41. The van der Waals surface area contributed by atoms with Crippen molar-refractivity contribution >= 4 is 23.1 Å². The van der Waals surface area contributed by atoms with Crippen LogP contribution >= 0.6 is 0 Å². The molecule has 1 N–H and O–H groups in total. The first-order valence-corrected chi connectivity index (χ1v) is 9.90. The van der Waals surface area contributed by atoms with Gasteiger partial charge in [-0.15, -0.1) is 0 Å². The standard InChI is InChI=1S/C24H26N2O2/c1-4-21(28)26-19-13-9-8-12-17(19)25-18-14-24(2,3)15-20(27)22(18)23(26)16-10-6-5-7-11-16/h5-13,23,25H,4,14-15H2,1-3H3/t23-/m0/s1. The van der Waals surface area contributed by atoms with Crippen LogP contribution in [0.2, 0.25) is 0 Å². The fourth-order valence-electron chi connectivity index (χ4n) is 4.38. The van der Waals surface area contributed by atoms with Crippen LogP contribution < -0.4 is 10.2 Å². The van der Waals surface area contributed by atoms with Gasteiger partial charge in [0.05, 0.1) is 17.4 Å². The molecule has 2 aromatic carbocycles. The van der Waals surface area contributed by atoms with E-state index in [0.29, 0.717) is 12.8 Å². The molecule has 1 atom stereocenters. The minimum Gasteiger partial charge on any atom is -0.357 e. The monoisotopic (exact) mass is 374 g/mol. The molecule has 0 saturated carbocycles. The SMILES string of the molecule is CCC(=O)N1c2ccccc2NC2=C(C(=O)CC(C)(C)C2)[C@@H]1c1ccccc1. The zero-order valence-electron chi connectivity index (χ0n) is 16.7. The summed E-state index contributed by atoms with van der Waals surface area (Å²) in [7, 11) is 0. The van der Waals surface area contributed by atoms with E-state index in [-0.39, 0.29) is 17.1 Å². The summed E-state index contributed by atoms with van der Waals surface area (Å²) in [4.78, 5) is 28.3. The lowest BCUT2D eigenvalue weighted by Gasteiger charge is -2.37. The highest BCUT2D eigenvalue weighted by Crippen LogP contribution is 2.48. The molecule has 0 fully saturated rings. The largest absolute Gasteiger partial charge is 0.357 e. The Balaban J connectivity index is 2.01. The van der Waals surface area contributed by atoms with Gasteiger partial charge < -0.3 is 5.32 Å². The van der Waals surface area contributed by atoms with Crippen molar-refractivity contribution in [2.45, 2.75) is 46.1 Å². The van der Waals surface area contributed by atoms with E-state index in [9.17, 15) is 9.59 Å². The van der Waals surface area contributed by atoms with E-state index in [1.807, 2.05) is 66.4 Å². The average Bonchev–Trinajstić information content (AvgIpc) is 2.81. The molecule has 1 aliphatic heterocycles. The molecule has 4 nitrogen and oxygen atoms in total. The molecule has 1 heterocycles. The first-order chi connectivity index (χ1) is 13.4. The molecule has 2 aliphatic rings. The first kappa shape index (κ1) is 18.5. The number of para-hydroxylation sites is 2. The van der Waals surface area contributed by atoms with Crippen molar-refractivity contribution in [1.82, 2.24) is 0 Å². The van der Waals surface area contributed by atoms with Crippen molar-refractivity contribution in [3.05, 3.63) is 71.4 Å². The number of hydrogen-bond donors (Lipinski definition) is 1. The molecule has 28 heavy (non-hydrogen) atoms. The summed E-state index contributed by atoms with van der Waals surface area (Å²) in [5, 5.41) is 3.52. The number of nitrogens with one attached hydrogen (secondary N) is 1. The predicted molar refractivity (Wildman–Crippen MR) is 112 cm³/mol. The number of carbonyl (C=O) groups is 2. The smallest absolute Gasteiger partial charge is 0.227 e. The molecule has 0 saturated heterocycles. The highest BCUT2D eigenvalue weighted by Gasteiger charge is 2.42. The summed E-state index contributed by atoms with van der Waals surface area (Å²) < 4.78 is 0. The lowest BCUT2D eigenvalue weighted by atomic mass is 9.73. The van der Waals surface area contributed by atoms with Gasteiger partial charge in [0.15, 0.2) is 5.78 Å². The highest BCUT2D eigenvalue weighted by molar-refractivity contribution is 6.06. The highest BCUT2D eigenvalue weighted by atomic mass is 16.2. The van der Waals surface area contributed by atoms with Gasteiger partial charge in [-0.25, -0.2) is 0 Å². The van der Waals surface area contributed by atoms with Crippen molar-refractivity contribution in [2.24, 2.45) is 5.41 Å². The van der Waals surface area contributed by atoms with E-state index in [0.717, 1.165) is 34.6 Å². The van der Waals surface area contributed by atoms with Gasteiger partial charge in [0.1, 0.15) is 0 Å². The maximum atomic E-state index is 13.4. The maximum Gasteiger partial charge on any atom is 0.227 e. The topological polar surface area (TPSA) is 49.4 Å². The summed E-state index contributed by atoms with van der Waals surface area (Å²) in [6, 6.07) is 17.3. The summed E-state index contributed by atoms with van der Waals surface area (Å²) in [6.45, 7) is 6.12. The Kier molecular flexibility index (Phi) is 4.58. The van der Waals surface area contributed by atoms with E-state index in [1.54, 1.807) is 0 Å². The lowest BCUT2D eigenvalue weighted by Crippen LogP contribution is -2.39. The average molecular weight is 374 g/mol. The molecule has 1 amide bonds. The quantitative estimate of drug-likeness (QED) is 0.782. The van der Waals surface area contributed by atoms with Gasteiger partial charge in [-0.1, -0.05) is 63.2 Å². The summed E-state index contributed by atoms with van der Waals surface area (Å²) in [5.41, 5.74) is 4.22. The van der Waals surface area contributed by atoms with Crippen LogP contribution in [-0.2, 0) is 9.59 Å². The zero-order chi connectivity index (χ0) is 19.9. The van der Waals surface area contributed by atoms with Gasteiger partial charge >= 0.3 is 0 Å². The van der Waals surface area contributed by atoms with Gasteiger partial charge in [-0.2, -0.15) is 0 Å². The number of Topliss-reactive ketones (excluding diaryl/α,β-unsaturated/α-hetero) is 1. The number of hydrogen-bond acceptors (Lipinski definition) is 3. The third kappa shape index (κ3) is 3.13. The fraction of sp³-hybridized carbons (Fsp3) is 0.333. The third-order valence-corrected chi connectivity index (χ3v) is 5.59. The molecule has 2 aromatic rings. The van der Waals surface area contributed by atoms with Crippen LogP contribution in [0, 0.1) is 5.41 Å². The second-order valence-corrected chi connectivity index (χ2v) is 8.41. The Morgan fingerprint density at radius 2 is 1.75 bits per heavy atom. The normalized spacial score (nSPS) is 20.8. The fourth-order valence-corrected chi connectivity index (χ4v) is 4.38. The molecule has 0 radical (unpaired) electrons. The van der Waals surface area contributed by atoms with Crippen LogP contribution in [-0.4, -0.2) is 11.7 Å². The number of benzene rings is 2. The third-order valence-electron chi connectivity index (χ3n) is 5.59. The predicted octanol–water partition coefficient (Wildman–Crippen LogP) is 5.24. The number of amides is 1. The summed E-state index contributed by atoms with van der Waals surface area (Å²) in [5.74, 6) is 0.129. The number of nitrogens with zero attached hydrogens (tertiary/aromatic N) is 1. The van der Waals surface area contributed by atoms with Gasteiger partial charge in [-0.3, -0.25) is 14.5 Å². The van der Waals surface area contributed by atoms with E-state index in [4.69, 9.17) is 0 Å². The minimum absolute atomic E-state index is 0.00878. The van der Waals surface area contributed by atoms with Crippen molar-refractivity contribution in [2.75, 3.05) is 10.2 Å². The molecule has 1 aliphatic carbocycles. The molecular weight excluding hydrogens is 348 g/mol.